The Balaban J connectivity index is 1.63. The van der Waals surface area contributed by atoms with Crippen molar-refractivity contribution >= 4 is 34.4 Å². The normalized spacial score (nSPS) is 10.9. The van der Waals surface area contributed by atoms with E-state index in [9.17, 15) is 9.59 Å². The quantitative estimate of drug-likeness (QED) is 0.517. The first-order chi connectivity index (χ1) is 13.2. The number of rotatable bonds is 6. The summed E-state index contributed by atoms with van der Waals surface area (Å²) < 4.78 is 4.84. The molecule has 1 amide bonds. The maximum Gasteiger partial charge on any atom is 0.330 e. The number of nitrogens with one attached hydrogen (secondary N) is 1. The van der Waals surface area contributed by atoms with Gasteiger partial charge in [0.1, 0.15) is 0 Å². The number of hydrogen-bond acceptors (Lipinski definition) is 3. The number of esters is 1. The highest BCUT2D eigenvalue weighted by Gasteiger charge is 2.07. The average Bonchev–Trinajstić information content (AvgIpc) is 2.68. The highest BCUT2D eigenvalue weighted by molar-refractivity contribution is 5.96. The zero-order chi connectivity index (χ0) is 19.1. The molecule has 0 saturated heterocycles. The maximum absolute atomic E-state index is 12.4. The molecule has 4 heteroatoms. The summed E-state index contributed by atoms with van der Waals surface area (Å²) >= 11 is 0. The molecule has 0 fully saturated rings. The molecule has 0 saturated carbocycles. The average molecular weight is 359 g/mol. The molecule has 0 radical (unpaired) electrons. The Morgan fingerprint density at radius 2 is 1.70 bits per heavy atom. The molecule has 3 rings (SSSR count). The van der Waals surface area contributed by atoms with E-state index in [1.54, 1.807) is 13.0 Å². The third kappa shape index (κ3) is 5.05. The molecular weight excluding hydrogens is 338 g/mol. The van der Waals surface area contributed by atoms with Crippen molar-refractivity contribution in [2.75, 3.05) is 11.9 Å². The fraction of sp³-hybridized carbons (Fsp3) is 0.130. The van der Waals surface area contributed by atoms with Crippen LogP contribution in [0.4, 0.5) is 5.69 Å². The topological polar surface area (TPSA) is 55.4 Å². The van der Waals surface area contributed by atoms with Crippen LogP contribution in [-0.4, -0.2) is 18.5 Å². The zero-order valence-corrected chi connectivity index (χ0v) is 15.1. The molecule has 0 aromatic heterocycles. The summed E-state index contributed by atoms with van der Waals surface area (Å²) in [6.07, 6.45) is 3.38. The number of fused-ring (bicyclic) bond motifs is 1. The van der Waals surface area contributed by atoms with E-state index < -0.39 is 0 Å². The number of benzene rings is 3. The van der Waals surface area contributed by atoms with Crippen molar-refractivity contribution in [1.82, 2.24) is 0 Å². The molecule has 3 aromatic rings. The van der Waals surface area contributed by atoms with E-state index in [-0.39, 0.29) is 11.9 Å². The standard InChI is InChI=1S/C23H21NO3/c1-2-27-23(26)15-12-17-10-13-20(14-11-17)24-22(25)16-19-8-5-7-18-6-3-4-9-21(18)19/h3-15H,2,16H2,1H3,(H,24,25)/b15-12+. The second kappa shape index (κ2) is 8.81. The summed E-state index contributed by atoms with van der Waals surface area (Å²) in [5, 5.41) is 5.13. The van der Waals surface area contributed by atoms with E-state index in [0.29, 0.717) is 18.7 Å². The second-order valence-electron chi connectivity index (χ2n) is 6.07. The third-order valence-corrected chi connectivity index (χ3v) is 4.12. The predicted molar refractivity (Wildman–Crippen MR) is 108 cm³/mol. The van der Waals surface area contributed by atoms with Crippen LogP contribution in [0.2, 0.25) is 0 Å². The minimum absolute atomic E-state index is 0.0684. The zero-order valence-electron chi connectivity index (χ0n) is 15.1. The fourth-order valence-electron chi connectivity index (χ4n) is 2.86. The van der Waals surface area contributed by atoms with Gasteiger partial charge >= 0.3 is 5.97 Å². The van der Waals surface area contributed by atoms with Crippen molar-refractivity contribution in [3.63, 3.8) is 0 Å². The van der Waals surface area contributed by atoms with E-state index in [1.807, 2.05) is 66.7 Å². The summed E-state index contributed by atoms with van der Waals surface area (Å²) in [5.41, 5.74) is 2.57. The molecule has 4 nitrogen and oxygen atoms in total. The van der Waals surface area contributed by atoms with Gasteiger partial charge in [-0.25, -0.2) is 4.79 Å². The van der Waals surface area contributed by atoms with Gasteiger partial charge in [-0.1, -0.05) is 54.6 Å². The molecular formula is C23H21NO3. The first-order valence-corrected chi connectivity index (χ1v) is 8.87. The van der Waals surface area contributed by atoms with Gasteiger partial charge in [-0.2, -0.15) is 0 Å². The molecule has 1 N–H and O–H groups in total. The molecule has 0 aliphatic heterocycles. The second-order valence-corrected chi connectivity index (χ2v) is 6.07. The molecule has 27 heavy (non-hydrogen) atoms. The molecule has 136 valence electrons. The first kappa shape index (κ1) is 18.4. The van der Waals surface area contributed by atoms with Crippen LogP contribution in [0.5, 0.6) is 0 Å². The number of carbonyl (C=O) groups is 2. The minimum Gasteiger partial charge on any atom is -0.463 e. The van der Waals surface area contributed by atoms with Gasteiger partial charge in [-0.05, 0) is 47.0 Å². The van der Waals surface area contributed by atoms with Gasteiger partial charge in [-0.15, -0.1) is 0 Å². The summed E-state index contributed by atoms with van der Waals surface area (Å²) in [7, 11) is 0. The van der Waals surface area contributed by atoms with Crippen LogP contribution < -0.4 is 5.32 Å². The van der Waals surface area contributed by atoms with Crippen molar-refractivity contribution in [1.29, 1.82) is 0 Å². The lowest BCUT2D eigenvalue weighted by Crippen LogP contribution is -2.14. The maximum atomic E-state index is 12.4. The van der Waals surface area contributed by atoms with Crippen LogP contribution in [0.25, 0.3) is 16.8 Å². The predicted octanol–water partition coefficient (Wildman–Crippen LogP) is 4.60. The van der Waals surface area contributed by atoms with Gasteiger partial charge in [0.2, 0.25) is 5.91 Å². The van der Waals surface area contributed by atoms with Crippen molar-refractivity contribution < 1.29 is 14.3 Å². The lowest BCUT2D eigenvalue weighted by atomic mass is 10.0. The van der Waals surface area contributed by atoms with Crippen molar-refractivity contribution in [3.8, 4) is 0 Å². The lowest BCUT2D eigenvalue weighted by Gasteiger charge is -2.08. The largest absolute Gasteiger partial charge is 0.463 e. The number of carbonyl (C=O) groups excluding carboxylic acids is 2. The van der Waals surface area contributed by atoms with Gasteiger partial charge in [0.05, 0.1) is 13.0 Å². The minimum atomic E-state index is -0.370. The molecule has 3 aromatic carbocycles. The number of hydrogen-bond donors (Lipinski definition) is 1. The number of ether oxygens (including phenoxy) is 1. The Hall–Kier alpha value is -3.40. The van der Waals surface area contributed by atoms with E-state index in [0.717, 1.165) is 21.9 Å². The summed E-state index contributed by atoms with van der Waals surface area (Å²) in [5.74, 6) is -0.439. The molecule has 0 bridgehead atoms. The van der Waals surface area contributed by atoms with Crippen LogP contribution in [0.1, 0.15) is 18.1 Å². The Bertz CT molecular complexity index is 969. The molecule has 0 aliphatic carbocycles. The van der Waals surface area contributed by atoms with Gasteiger partial charge in [0.15, 0.2) is 0 Å². The Morgan fingerprint density at radius 1 is 0.963 bits per heavy atom. The van der Waals surface area contributed by atoms with Crippen LogP contribution in [-0.2, 0) is 20.7 Å². The Kier molecular flexibility index (Phi) is 6.00. The van der Waals surface area contributed by atoms with Gasteiger partial charge in [-0.3, -0.25) is 4.79 Å². The fourth-order valence-corrected chi connectivity index (χ4v) is 2.86. The van der Waals surface area contributed by atoms with Crippen LogP contribution >= 0.6 is 0 Å². The van der Waals surface area contributed by atoms with E-state index >= 15 is 0 Å². The number of amides is 1. The van der Waals surface area contributed by atoms with Crippen LogP contribution in [0.15, 0.2) is 72.8 Å². The van der Waals surface area contributed by atoms with Gasteiger partial charge < -0.3 is 10.1 Å². The SMILES string of the molecule is CCOC(=O)/C=C/c1ccc(NC(=O)Cc2cccc3ccccc23)cc1. The monoisotopic (exact) mass is 359 g/mol. The van der Waals surface area contributed by atoms with Crippen molar-refractivity contribution in [2.24, 2.45) is 0 Å². The van der Waals surface area contributed by atoms with E-state index in [4.69, 9.17) is 4.74 Å². The Morgan fingerprint density at radius 3 is 2.48 bits per heavy atom. The first-order valence-electron chi connectivity index (χ1n) is 8.87. The Labute approximate surface area is 158 Å². The van der Waals surface area contributed by atoms with Gasteiger partial charge in [0.25, 0.3) is 0 Å². The molecule has 0 atom stereocenters. The highest BCUT2D eigenvalue weighted by atomic mass is 16.5. The summed E-state index contributed by atoms with van der Waals surface area (Å²) in [6.45, 7) is 2.12. The smallest absolute Gasteiger partial charge is 0.330 e. The molecule has 0 unspecified atom stereocenters. The van der Waals surface area contributed by atoms with E-state index in [1.165, 1.54) is 6.08 Å². The lowest BCUT2D eigenvalue weighted by molar-refractivity contribution is -0.137. The van der Waals surface area contributed by atoms with Crippen LogP contribution in [0, 0.1) is 0 Å². The molecule has 0 aliphatic rings. The van der Waals surface area contributed by atoms with Crippen LogP contribution in [0.3, 0.4) is 0 Å². The van der Waals surface area contributed by atoms with Crippen molar-refractivity contribution in [2.45, 2.75) is 13.3 Å². The highest BCUT2D eigenvalue weighted by Crippen LogP contribution is 2.19. The van der Waals surface area contributed by atoms with Crippen molar-refractivity contribution in [3.05, 3.63) is 83.9 Å². The third-order valence-electron chi connectivity index (χ3n) is 4.12. The molecule has 0 heterocycles. The summed E-state index contributed by atoms with van der Waals surface area (Å²) in [4.78, 5) is 23.7. The summed E-state index contributed by atoms with van der Waals surface area (Å²) in [6, 6.07) is 21.3. The van der Waals surface area contributed by atoms with Gasteiger partial charge in [0, 0.05) is 11.8 Å². The number of anilines is 1. The van der Waals surface area contributed by atoms with E-state index in [2.05, 4.69) is 5.32 Å². The molecule has 0 spiro atoms.